The fourth-order valence-electron chi connectivity index (χ4n) is 4.40. The second kappa shape index (κ2) is 8.48. The number of rotatable bonds is 3. The molecule has 0 amide bonds. The molecule has 0 aliphatic carbocycles. The molecular formula is C24H24ClFN6O2. The standard InChI is InChI=1S/C24H24ClFN6O2/c1-13-17(11-30(3)29-13)20-12-32(7-8-34-20)21-10-19-22(24(33)31(4)14(2)27-19)23(28-21)16-6-5-15(25)9-18(16)26/h5-6,9-11,20H,7-8,12H2,1-4H3. The average Bonchev–Trinajstić information content (AvgIpc) is 3.15. The van der Waals surface area contributed by atoms with Crippen LogP contribution in [0.5, 0.6) is 0 Å². The summed E-state index contributed by atoms with van der Waals surface area (Å²) in [6.07, 6.45) is 1.77. The molecule has 176 valence electrons. The maximum atomic E-state index is 15.0. The highest BCUT2D eigenvalue weighted by Crippen LogP contribution is 2.33. The van der Waals surface area contributed by atoms with Crippen LogP contribution < -0.4 is 10.5 Å². The van der Waals surface area contributed by atoms with Crippen LogP contribution in [0, 0.1) is 19.7 Å². The van der Waals surface area contributed by atoms with E-state index >= 15 is 0 Å². The van der Waals surface area contributed by atoms with Crippen molar-refractivity contribution in [2.45, 2.75) is 20.0 Å². The van der Waals surface area contributed by atoms with Gasteiger partial charge in [-0.3, -0.25) is 14.0 Å². The van der Waals surface area contributed by atoms with Crippen LogP contribution in [0.1, 0.15) is 23.2 Å². The molecule has 3 aromatic heterocycles. The molecule has 1 unspecified atom stereocenters. The summed E-state index contributed by atoms with van der Waals surface area (Å²) in [5.74, 6) is 0.613. The van der Waals surface area contributed by atoms with Crippen LogP contribution in [0.3, 0.4) is 0 Å². The van der Waals surface area contributed by atoms with Gasteiger partial charge in [0.15, 0.2) is 0 Å². The largest absolute Gasteiger partial charge is 0.370 e. The molecule has 0 N–H and O–H groups in total. The van der Waals surface area contributed by atoms with Crippen molar-refractivity contribution in [3.8, 4) is 11.3 Å². The van der Waals surface area contributed by atoms with Gasteiger partial charge in [0.2, 0.25) is 0 Å². The van der Waals surface area contributed by atoms with Gasteiger partial charge in [-0.05, 0) is 32.0 Å². The molecular weight excluding hydrogens is 459 g/mol. The van der Waals surface area contributed by atoms with Crippen LogP contribution in [0.2, 0.25) is 5.02 Å². The van der Waals surface area contributed by atoms with Crippen LogP contribution in [0.15, 0.2) is 35.3 Å². The van der Waals surface area contributed by atoms with E-state index in [1.807, 2.05) is 20.2 Å². The minimum absolute atomic E-state index is 0.186. The third-order valence-corrected chi connectivity index (χ3v) is 6.48. The van der Waals surface area contributed by atoms with E-state index in [2.05, 4.69) is 15.0 Å². The zero-order valence-electron chi connectivity index (χ0n) is 19.3. The number of fused-ring (bicyclic) bond motifs is 1. The van der Waals surface area contributed by atoms with Gasteiger partial charge < -0.3 is 9.64 Å². The summed E-state index contributed by atoms with van der Waals surface area (Å²) >= 11 is 5.97. The number of nitrogens with zero attached hydrogens (tertiary/aromatic N) is 6. The third kappa shape index (κ3) is 3.84. The lowest BCUT2D eigenvalue weighted by Gasteiger charge is -2.34. The average molecular weight is 483 g/mol. The van der Waals surface area contributed by atoms with Crippen LogP contribution in [-0.4, -0.2) is 44.0 Å². The topological polar surface area (TPSA) is 78.1 Å². The number of aromatic nitrogens is 5. The number of aryl methyl sites for hydroxylation is 3. The SMILES string of the molecule is Cc1nn(C)cc1C1CN(c2cc3nc(C)n(C)c(=O)c3c(-c3ccc(Cl)cc3F)n2)CCO1. The van der Waals surface area contributed by atoms with Crippen molar-refractivity contribution >= 4 is 28.3 Å². The molecule has 0 spiro atoms. The van der Waals surface area contributed by atoms with Gasteiger partial charge in [-0.2, -0.15) is 5.10 Å². The maximum Gasteiger partial charge on any atom is 0.263 e. The Labute approximate surface area is 200 Å². The highest BCUT2D eigenvalue weighted by Gasteiger charge is 2.27. The lowest BCUT2D eigenvalue weighted by molar-refractivity contribution is 0.0391. The van der Waals surface area contributed by atoms with Crippen molar-refractivity contribution in [2.75, 3.05) is 24.6 Å². The Morgan fingerprint density at radius 1 is 1.18 bits per heavy atom. The second-order valence-corrected chi connectivity index (χ2v) is 8.96. The molecule has 1 aliphatic heterocycles. The lowest BCUT2D eigenvalue weighted by Crippen LogP contribution is -2.39. The molecule has 34 heavy (non-hydrogen) atoms. The van der Waals surface area contributed by atoms with E-state index in [0.717, 1.165) is 11.3 Å². The van der Waals surface area contributed by atoms with Crippen molar-refractivity contribution < 1.29 is 9.13 Å². The van der Waals surface area contributed by atoms with Crippen LogP contribution in [-0.2, 0) is 18.8 Å². The first-order chi connectivity index (χ1) is 16.2. The molecule has 0 bridgehead atoms. The predicted molar refractivity (Wildman–Crippen MR) is 129 cm³/mol. The summed E-state index contributed by atoms with van der Waals surface area (Å²) in [6.45, 7) is 5.35. The molecule has 1 saturated heterocycles. The smallest absolute Gasteiger partial charge is 0.263 e. The molecule has 10 heteroatoms. The van der Waals surface area contributed by atoms with Gasteiger partial charge in [-0.25, -0.2) is 14.4 Å². The molecule has 1 aromatic carbocycles. The number of hydrogen-bond donors (Lipinski definition) is 0. The van der Waals surface area contributed by atoms with E-state index in [4.69, 9.17) is 21.3 Å². The van der Waals surface area contributed by atoms with E-state index < -0.39 is 5.82 Å². The van der Waals surface area contributed by atoms with E-state index in [9.17, 15) is 9.18 Å². The third-order valence-electron chi connectivity index (χ3n) is 6.25. The van der Waals surface area contributed by atoms with Gasteiger partial charge in [0, 0.05) is 55.6 Å². The van der Waals surface area contributed by atoms with Gasteiger partial charge in [-0.1, -0.05) is 11.6 Å². The van der Waals surface area contributed by atoms with Crippen LogP contribution >= 0.6 is 11.6 Å². The quantitative estimate of drug-likeness (QED) is 0.443. The normalized spacial score (nSPS) is 16.4. The summed E-state index contributed by atoms with van der Waals surface area (Å²) in [4.78, 5) is 24.7. The van der Waals surface area contributed by atoms with Crippen molar-refractivity contribution in [1.29, 1.82) is 0 Å². The Morgan fingerprint density at radius 3 is 2.68 bits per heavy atom. The number of anilines is 1. The van der Waals surface area contributed by atoms with Gasteiger partial charge in [0.1, 0.15) is 23.6 Å². The second-order valence-electron chi connectivity index (χ2n) is 8.52. The Bertz CT molecular complexity index is 1480. The molecule has 0 saturated carbocycles. The summed E-state index contributed by atoms with van der Waals surface area (Å²) in [5.41, 5.74) is 2.56. The van der Waals surface area contributed by atoms with Crippen molar-refractivity contribution in [2.24, 2.45) is 14.1 Å². The van der Waals surface area contributed by atoms with Gasteiger partial charge in [-0.15, -0.1) is 0 Å². The number of benzene rings is 1. The van der Waals surface area contributed by atoms with E-state index in [0.29, 0.717) is 36.9 Å². The maximum absolute atomic E-state index is 15.0. The molecule has 5 rings (SSSR count). The minimum Gasteiger partial charge on any atom is -0.370 e. The molecule has 4 aromatic rings. The zero-order chi connectivity index (χ0) is 24.1. The fraction of sp³-hybridized carbons (Fsp3) is 0.333. The highest BCUT2D eigenvalue weighted by atomic mass is 35.5. The van der Waals surface area contributed by atoms with E-state index in [1.165, 1.54) is 10.6 Å². The number of pyridine rings is 1. The Hall–Kier alpha value is -3.30. The van der Waals surface area contributed by atoms with Gasteiger partial charge >= 0.3 is 0 Å². The molecule has 1 aliphatic rings. The van der Waals surface area contributed by atoms with Crippen LogP contribution in [0.4, 0.5) is 10.2 Å². The number of morpholine rings is 1. The number of halogens is 2. The number of hydrogen-bond acceptors (Lipinski definition) is 6. The van der Waals surface area contributed by atoms with Crippen LogP contribution in [0.25, 0.3) is 22.2 Å². The molecule has 1 fully saturated rings. The molecule has 8 nitrogen and oxygen atoms in total. The van der Waals surface area contributed by atoms with Crippen molar-refractivity contribution in [1.82, 2.24) is 24.3 Å². The van der Waals surface area contributed by atoms with E-state index in [-0.39, 0.29) is 33.3 Å². The first-order valence-electron chi connectivity index (χ1n) is 10.9. The van der Waals surface area contributed by atoms with Gasteiger partial charge in [0.25, 0.3) is 5.56 Å². The fourth-order valence-corrected chi connectivity index (χ4v) is 4.56. The van der Waals surface area contributed by atoms with Crippen molar-refractivity contribution in [3.63, 3.8) is 0 Å². The monoisotopic (exact) mass is 482 g/mol. The van der Waals surface area contributed by atoms with Gasteiger partial charge in [0.05, 0.1) is 28.9 Å². The zero-order valence-corrected chi connectivity index (χ0v) is 20.1. The van der Waals surface area contributed by atoms with Crippen molar-refractivity contribution in [3.05, 3.63) is 68.7 Å². The Morgan fingerprint density at radius 2 is 1.97 bits per heavy atom. The summed E-state index contributed by atoms with van der Waals surface area (Å²) in [5, 5.41) is 4.97. The summed E-state index contributed by atoms with van der Waals surface area (Å²) in [7, 11) is 3.52. The van der Waals surface area contributed by atoms with E-state index in [1.54, 1.807) is 36.9 Å². The summed E-state index contributed by atoms with van der Waals surface area (Å²) in [6, 6.07) is 6.14. The Balaban J connectivity index is 1.67. The first-order valence-corrected chi connectivity index (χ1v) is 11.3. The lowest BCUT2D eigenvalue weighted by atomic mass is 10.1. The molecule has 0 radical (unpaired) electrons. The Kier molecular flexibility index (Phi) is 5.61. The predicted octanol–water partition coefficient (Wildman–Crippen LogP) is 3.72. The highest BCUT2D eigenvalue weighted by molar-refractivity contribution is 6.30. The first kappa shape index (κ1) is 22.5. The minimum atomic E-state index is -0.549. The number of ether oxygens (including phenoxy) is 1. The summed E-state index contributed by atoms with van der Waals surface area (Å²) < 4.78 is 24.2. The molecule has 4 heterocycles. The molecule has 1 atom stereocenters.